The Kier molecular flexibility index (Phi) is 5.23. The number of amidine groups is 1. The van der Waals surface area contributed by atoms with Crippen molar-refractivity contribution in [1.82, 2.24) is 19.6 Å². The summed E-state index contributed by atoms with van der Waals surface area (Å²) in [6, 6.07) is 10.8. The Balaban J connectivity index is 1.55. The lowest BCUT2D eigenvalue weighted by molar-refractivity contribution is 0.0757. The highest BCUT2D eigenvalue weighted by molar-refractivity contribution is 8.00. The minimum absolute atomic E-state index is 0.0984. The van der Waals surface area contributed by atoms with Gasteiger partial charge in [0.15, 0.2) is 5.69 Å². The topological polar surface area (TPSA) is 87.9 Å². The van der Waals surface area contributed by atoms with E-state index in [4.69, 9.17) is 0 Å². The largest absolute Gasteiger partial charge is 0.354 e. The maximum Gasteiger partial charge on any atom is 0.285 e. The molecule has 4 rings (SSSR count). The second-order valence-electron chi connectivity index (χ2n) is 7.64. The Morgan fingerprint density at radius 2 is 1.77 bits per heavy atom. The van der Waals surface area contributed by atoms with Gasteiger partial charge in [0, 0.05) is 44.5 Å². The zero-order valence-electron chi connectivity index (χ0n) is 17.4. The normalized spacial score (nSPS) is 19.1. The Morgan fingerprint density at radius 3 is 2.43 bits per heavy atom. The van der Waals surface area contributed by atoms with Crippen LogP contribution in [-0.4, -0.2) is 65.9 Å². The van der Waals surface area contributed by atoms with Crippen LogP contribution in [0.15, 0.2) is 46.4 Å². The Morgan fingerprint density at radius 1 is 1.03 bits per heavy atom. The van der Waals surface area contributed by atoms with Crippen molar-refractivity contribution in [2.24, 2.45) is 11.4 Å². The van der Waals surface area contributed by atoms with Gasteiger partial charge in [0.25, 0.3) is 15.9 Å². The molecule has 9 heteroatoms. The Labute approximate surface area is 176 Å². The molecular formula is C21H25N5O3S. The average Bonchev–Trinajstić information content (AvgIpc) is 3.05. The number of amides is 1. The molecule has 0 saturated carbocycles. The number of aromatic nitrogens is 2. The van der Waals surface area contributed by atoms with Crippen LogP contribution in [0, 0.1) is 6.92 Å². The summed E-state index contributed by atoms with van der Waals surface area (Å²) in [6.45, 7) is 5.95. The lowest BCUT2D eigenvalue weighted by atomic mass is 10.1. The summed E-state index contributed by atoms with van der Waals surface area (Å²) >= 11 is 0. The summed E-state index contributed by atoms with van der Waals surface area (Å²) in [7, 11) is -1.93. The fourth-order valence-electron chi connectivity index (χ4n) is 3.93. The van der Waals surface area contributed by atoms with Crippen LogP contribution in [0.1, 0.15) is 35.1 Å². The number of benzene rings is 1. The quantitative estimate of drug-likeness (QED) is 0.732. The molecule has 0 atom stereocenters. The summed E-state index contributed by atoms with van der Waals surface area (Å²) in [5, 5.41) is 4.29. The molecule has 2 aromatic rings. The van der Waals surface area contributed by atoms with Gasteiger partial charge in [-0.2, -0.15) is 13.5 Å². The van der Waals surface area contributed by atoms with Crippen LogP contribution >= 0.6 is 0 Å². The number of sulfonamides is 1. The maximum absolute atomic E-state index is 12.8. The van der Waals surface area contributed by atoms with Crippen LogP contribution in [-0.2, 0) is 17.1 Å². The molecule has 0 unspecified atom stereocenters. The zero-order valence-corrected chi connectivity index (χ0v) is 18.2. The molecule has 30 heavy (non-hydrogen) atoms. The van der Waals surface area contributed by atoms with Crippen LogP contribution in [0.3, 0.4) is 0 Å². The van der Waals surface area contributed by atoms with Gasteiger partial charge in [0.05, 0.1) is 0 Å². The Hall–Kier alpha value is -2.94. The standard InChI is InChI=1S/C21H25N5O3S/c1-15-14-18(22-24(15)3)21(27)26-11-7-10-25(12-13-26)20-16(2)19(30(28,29)23-20)17-8-5-4-6-9-17/h4-6,8-9,14H,7,10-13H2,1-3H3. The number of carbonyl (C=O) groups is 1. The van der Waals surface area contributed by atoms with Crippen molar-refractivity contribution in [2.75, 3.05) is 26.2 Å². The van der Waals surface area contributed by atoms with Crippen LogP contribution < -0.4 is 0 Å². The molecule has 8 nitrogen and oxygen atoms in total. The molecule has 1 aromatic heterocycles. The lowest BCUT2D eigenvalue weighted by Gasteiger charge is -2.23. The van der Waals surface area contributed by atoms with Crippen molar-refractivity contribution >= 4 is 26.7 Å². The van der Waals surface area contributed by atoms with Crippen molar-refractivity contribution < 1.29 is 13.2 Å². The third-order valence-electron chi connectivity index (χ3n) is 5.59. The average molecular weight is 428 g/mol. The molecule has 3 heterocycles. The fourth-order valence-corrected chi connectivity index (χ4v) is 5.42. The van der Waals surface area contributed by atoms with Gasteiger partial charge in [-0.3, -0.25) is 9.48 Å². The van der Waals surface area contributed by atoms with Gasteiger partial charge in [-0.05, 0) is 31.9 Å². The lowest BCUT2D eigenvalue weighted by Crippen LogP contribution is -2.37. The summed E-state index contributed by atoms with van der Waals surface area (Å²) in [6.07, 6.45) is 0.727. The molecule has 158 valence electrons. The van der Waals surface area contributed by atoms with E-state index in [0.717, 1.165) is 12.1 Å². The van der Waals surface area contributed by atoms with E-state index in [1.807, 2.05) is 37.1 Å². The maximum atomic E-state index is 12.8. The van der Waals surface area contributed by atoms with Gasteiger partial charge in [0.1, 0.15) is 10.7 Å². The zero-order chi connectivity index (χ0) is 21.5. The fraction of sp³-hybridized carbons (Fsp3) is 0.381. The molecule has 0 aliphatic carbocycles. The van der Waals surface area contributed by atoms with Gasteiger partial charge in [-0.15, -0.1) is 4.40 Å². The van der Waals surface area contributed by atoms with Gasteiger partial charge in [-0.1, -0.05) is 30.3 Å². The first-order valence-electron chi connectivity index (χ1n) is 9.94. The number of nitrogens with zero attached hydrogens (tertiary/aromatic N) is 5. The summed E-state index contributed by atoms with van der Waals surface area (Å²) < 4.78 is 31.3. The first-order chi connectivity index (χ1) is 14.3. The van der Waals surface area contributed by atoms with Gasteiger partial charge in [0.2, 0.25) is 0 Å². The molecule has 0 bridgehead atoms. The van der Waals surface area contributed by atoms with Gasteiger partial charge < -0.3 is 9.80 Å². The van der Waals surface area contributed by atoms with Crippen molar-refractivity contribution in [3.05, 3.63) is 58.9 Å². The van der Waals surface area contributed by atoms with E-state index in [1.165, 1.54) is 0 Å². The SMILES string of the molecule is CC1=C(c2ccccc2)S(=O)(=O)N=C1N1CCCN(C(=O)c2cc(C)n(C)n2)CC1. The van der Waals surface area contributed by atoms with Crippen molar-refractivity contribution in [3.8, 4) is 0 Å². The van der Waals surface area contributed by atoms with E-state index in [-0.39, 0.29) is 10.8 Å². The summed E-state index contributed by atoms with van der Waals surface area (Å²) in [4.78, 5) is 16.9. The first kappa shape index (κ1) is 20.3. The van der Waals surface area contributed by atoms with Crippen molar-refractivity contribution in [3.63, 3.8) is 0 Å². The summed E-state index contributed by atoms with van der Waals surface area (Å²) in [5.41, 5.74) is 2.66. The van der Waals surface area contributed by atoms with Crippen molar-refractivity contribution in [2.45, 2.75) is 20.3 Å². The number of carbonyl (C=O) groups excluding carboxylic acids is 1. The van der Waals surface area contributed by atoms with Crippen LogP contribution in [0.4, 0.5) is 0 Å². The summed E-state index contributed by atoms with van der Waals surface area (Å²) in [5.74, 6) is 0.385. The van der Waals surface area contributed by atoms with Gasteiger partial charge >= 0.3 is 0 Å². The van der Waals surface area contributed by atoms with Crippen molar-refractivity contribution in [1.29, 1.82) is 0 Å². The second-order valence-corrected chi connectivity index (χ2v) is 9.18. The Bertz CT molecular complexity index is 1130. The number of hydrogen-bond donors (Lipinski definition) is 0. The molecule has 0 N–H and O–H groups in total. The molecule has 0 spiro atoms. The number of hydrogen-bond acceptors (Lipinski definition) is 5. The molecule has 1 saturated heterocycles. The van der Waals surface area contributed by atoms with Crippen LogP contribution in [0.5, 0.6) is 0 Å². The third kappa shape index (κ3) is 3.65. The molecular weight excluding hydrogens is 402 g/mol. The van der Waals surface area contributed by atoms with E-state index in [2.05, 4.69) is 9.50 Å². The van der Waals surface area contributed by atoms with E-state index >= 15 is 0 Å². The highest BCUT2D eigenvalue weighted by Gasteiger charge is 2.34. The predicted molar refractivity (Wildman–Crippen MR) is 115 cm³/mol. The van der Waals surface area contributed by atoms with Gasteiger partial charge in [-0.25, -0.2) is 0 Å². The van der Waals surface area contributed by atoms with Crippen LogP contribution in [0.25, 0.3) is 4.91 Å². The second kappa shape index (κ2) is 7.71. The molecule has 1 fully saturated rings. The minimum atomic E-state index is -3.74. The van der Waals surface area contributed by atoms with E-state index in [9.17, 15) is 13.2 Å². The smallest absolute Gasteiger partial charge is 0.285 e. The van der Waals surface area contributed by atoms with E-state index in [0.29, 0.717) is 48.8 Å². The minimum Gasteiger partial charge on any atom is -0.354 e. The number of rotatable bonds is 2. The molecule has 2 aliphatic heterocycles. The monoisotopic (exact) mass is 427 g/mol. The molecule has 2 aliphatic rings. The van der Waals surface area contributed by atoms with E-state index in [1.54, 1.807) is 34.7 Å². The molecule has 1 aromatic carbocycles. The van der Waals surface area contributed by atoms with E-state index < -0.39 is 10.0 Å². The predicted octanol–water partition coefficient (Wildman–Crippen LogP) is 2.05. The highest BCUT2D eigenvalue weighted by atomic mass is 32.2. The van der Waals surface area contributed by atoms with Crippen LogP contribution in [0.2, 0.25) is 0 Å². The third-order valence-corrected chi connectivity index (χ3v) is 7.06. The molecule has 0 radical (unpaired) electrons. The molecule has 1 amide bonds. The number of aryl methyl sites for hydroxylation is 2. The highest BCUT2D eigenvalue weighted by Crippen LogP contribution is 2.33. The first-order valence-corrected chi connectivity index (χ1v) is 11.4.